The van der Waals surface area contributed by atoms with Gasteiger partial charge in [-0.05, 0) is 19.1 Å². The summed E-state index contributed by atoms with van der Waals surface area (Å²) >= 11 is 0. The van der Waals surface area contributed by atoms with Crippen LogP contribution in [0.1, 0.15) is 16.1 Å². The first kappa shape index (κ1) is 12.1. The molecule has 4 heteroatoms. The molecule has 0 aliphatic heterocycles. The molecule has 0 fully saturated rings. The third-order valence-electron chi connectivity index (χ3n) is 2.55. The number of imidazole rings is 1. The molecular formula is C14H15N3O. The van der Waals surface area contributed by atoms with Gasteiger partial charge in [-0.1, -0.05) is 23.8 Å². The highest BCUT2D eigenvalue weighted by atomic mass is 16.1. The van der Waals surface area contributed by atoms with Gasteiger partial charge in [-0.3, -0.25) is 4.79 Å². The Morgan fingerprint density at radius 1 is 1.44 bits per heavy atom. The van der Waals surface area contributed by atoms with Gasteiger partial charge in [0.1, 0.15) is 12.0 Å². The number of hydrogen-bond acceptors (Lipinski definition) is 2. The van der Waals surface area contributed by atoms with Crippen molar-refractivity contribution in [2.45, 2.75) is 6.92 Å². The van der Waals surface area contributed by atoms with E-state index in [0.29, 0.717) is 12.2 Å². The first-order chi connectivity index (χ1) is 8.70. The van der Waals surface area contributed by atoms with Crippen LogP contribution >= 0.6 is 0 Å². The van der Waals surface area contributed by atoms with Gasteiger partial charge in [0.15, 0.2) is 0 Å². The fraction of sp³-hybridized carbons (Fsp3) is 0.143. The summed E-state index contributed by atoms with van der Waals surface area (Å²) < 4.78 is 1.82. The van der Waals surface area contributed by atoms with Crippen LogP contribution in [0, 0.1) is 6.92 Å². The number of nitrogens with zero attached hydrogens (tertiary/aromatic N) is 2. The summed E-state index contributed by atoms with van der Waals surface area (Å²) in [6.07, 6.45) is 4.98. The van der Waals surface area contributed by atoms with Crippen molar-refractivity contribution >= 4 is 5.91 Å². The lowest BCUT2D eigenvalue weighted by atomic mass is 10.2. The van der Waals surface area contributed by atoms with Crippen LogP contribution in [0.5, 0.6) is 0 Å². The van der Waals surface area contributed by atoms with E-state index in [4.69, 9.17) is 0 Å². The van der Waals surface area contributed by atoms with Gasteiger partial charge < -0.3 is 9.88 Å². The zero-order valence-corrected chi connectivity index (χ0v) is 10.3. The Morgan fingerprint density at radius 2 is 2.17 bits per heavy atom. The van der Waals surface area contributed by atoms with Crippen LogP contribution in [-0.4, -0.2) is 22.0 Å². The molecule has 1 amide bonds. The highest BCUT2D eigenvalue weighted by molar-refractivity contribution is 5.92. The molecular weight excluding hydrogens is 226 g/mol. The Balaban J connectivity index is 2.17. The van der Waals surface area contributed by atoms with Crippen molar-refractivity contribution in [1.29, 1.82) is 0 Å². The topological polar surface area (TPSA) is 46.9 Å². The predicted molar refractivity (Wildman–Crippen MR) is 70.8 cm³/mol. The van der Waals surface area contributed by atoms with Crippen molar-refractivity contribution in [3.63, 3.8) is 0 Å². The average Bonchev–Trinajstić information content (AvgIpc) is 2.86. The van der Waals surface area contributed by atoms with Crippen LogP contribution in [0.3, 0.4) is 0 Å². The van der Waals surface area contributed by atoms with Crippen LogP contribution in [0.4, 0.5) is 0 Å². The normalized spacial score (nSPS) is 10.1. The molecule has 4 nitrogen and oxygen atoms in total. The van der Waals surface area contributed by atoms with Crippen molar-refractivity contribution in [3.8, 4) is 5.69 Å². The number of carbonyl (C=O) groups is 1. The Kier molecular flexibility index (Phi) is 3.57. The van der Waals surface area contributed by atoms with Crippen molar-refractivity contribution in [1.82, 2.24) is 14.9 Å². The lowest BCUT2D eigenvalue weighted by Crippen LogP contribution is -2.23. The zero-order chi connectivity index (χ0) is 13.0. The fourth-order valence-electron chi connectivity index (χ4n) is 1.55. The Hall–Kier alpha value is -2.36. The van der Waals surface area contributed by atoms with Gasteiger partial charge in [-0.15, -0.1) is 6.58 Å². The number of aromatic nitrogens is 2. The Morgan fingerprint density at radius 3 is 2.83 bits per heavy atom. The summed E-state index contributed by atoms with van der Waals surface area (Å²) in [4.78, 5) is 15.8. The number of aryl methyl sites for hydroxylation is 1. The quantitative estimate of drug-likeness (QED) is 0.833. The molecule has 2 aromatic rings. The number of amides is 1. The molecule has 2 rings (SSSR count). The molecule has 1 N–H and O–H groups in total. The number of benzene rings is 1. The molecule has 0 atom stereocenters. The number of nitrogens with one attached hydrogen (secondary N) is 1. The summed E-state index contributed by atoms with van der Waals surface area (Å²) in [5, 5.41) is 2.69. The van der Waals surface area contributed by atoms with E-state index in [0.717, 1.165) is 5.69 Å². The van der Waals surface area contributed by atoms with Gasteiger partial charge in [0.05, 0.1) is 0 Å². The fourth-order valence-corrected chi connectivity index (χ4v) is 1.55. The third-order valence-corrected chi connectivity index (χ3v) is 2.55. The SMILES string of the molecule is C=CCNC(=O)c1cn(-c2ccc(C)cc2)cn1. The van der Waals surface area contributed by atoms with Crippen molar-refractivity contribution in [2.75, 3.05) is 6.54 Å². The van der Waals surface area contributed by atoms with E-state index in [1.165, 1.54) is 5.56 Å². The highest BCUT2D eigenvalue weighted by Gasteiger charge is 2.08. The maximum absolute atomic E-state index is 11.7. The van der Waals surface area contributed by atoms with E-state index >= 15 is 0 Å². The van der Waals surface area contributed by atoms with Crippen molar-refractivity contribution < 1.29 is 4.79 Å². The van der Waals surface area contributed by atoms with Crippen LogP contribution in [0.2, 0.25) is 0 Å². The summed E-state index contributed by atoms with van der Waals surface area (Å²) in [7, 11) is 0. The molecule has 0 saturated carbocycles. The second kappa shape index (κ2) is 5.31. The Labute approximate surface area is 106 Å². The smallest absolute Gasteiger partial charge is 0.271 e. The summed E-state index contributed by atoms with van der Waals surface area (Å²) in [5.74, 6) is -0.194. The third kappa shape index (κ3) is 2.66. The van der Waals surface area contributed by atoms with Crippen LogP contribution in [-0.2, 0) is 0 Å². The highest BCUT2D eigenvalue weighted by Crippen LogP contribution is 2.10. The largest absolute Gasteiger partial charge is 0.347 e. The van der Waals surface area contributed by atoms with Gasteiger partial charge in [-0.2, -0.15) is 0 Å². The molecule has 0 saturated heterocycles. The minimum Gasteiger partial charge on any atom is -0.347 e. The van der Waals surface area contributed by atoms with E-state index < -0.39 is 0 Å². The monoisotopic (exact) mass is 241 g/mol. The molecule has 0 aliphatic rings. The first-order valence-corrected chi connectivity index (χ1v) is 5.71. The second-order valence-electron chi connectivity index (χ2n) is 4.00. The van der Waals surface area contributed by atoms with E-state index in [1.807, 2.05) is 35.8 Å². The predicted octanol–water partition coefficient (Wildman–Crippen LogP) is 2.10. The molecule has 0 spiro atoms. The molecule has 1 aromatic carbocycles. The second-order valence-corrected chi connectivity index (χ2v) is 4.00. The molecule has 92 valence electrons. The standard InChI is InChI=1S/C14H15N3O/c1-3-8-15-14(18)13-9-17(10-16-13)12-6-4-11(2)5-7-12/h3-7,9-10H,1,8H2,2H3,(H,15,18). The minimum atomic E-state index is -0.194. The zero-order valence-electron chi connectivity index (χ0n) is 10.3. The Bertz CT molecular complexity index is 555. The maximum Gasteiger partial charge on any atom is 0.271 e. The number of hydrogen-bond donors (Lipinski definition) is 1. The van der Waals surface area contributed by atoms with E-state index in [2.05, 4.69) is 16.9 Å². The molecule has 1 heterocycles. The summed E-state index contributed by atoms with van der Waals surface area (Å²) in [6.45, 7) is 6.02. The molecule has 1 aromatic heterocycles. The molecule has 18 heavy (non-hydrogen) atoms. The minimum absolute atomic E-state index is 0.194. The first-order valence-electron chi connectivity index (χ1n) is 5.71. The van der Waals surface area contributed by atoms with Crippen LogP contribution in [0.15, 0.2) is 49.4 Å². The van der Waals surface area contributed by atoms with Gasteiger partial charge in [0.25, 0.3) is 5.91 Å². The van der Waals surface area contributed by atoms with Crippen molar-refractivity contribution in [2.24, 2.45) is 0 Å². The molecule has 0 radical (unpaired) electrons. The number of carbonyl (C=O) groups excluding carboxylic acids is 1. The lowest BCUT2D eigenvalue weighted by Gasteiger charge is -2.01. The number of rotatable bonds is 4. The van der Waals surface area contributed by atoms with E-state index in [9.17, 15) is 4.79 Å². The molecule has 0 bridgehead atoms. The van der Waals surface area contributed by atoms with E-state index in [-0.39, 0.29) is 5.91 Å². The lowest BCUT2D eigenvalue weighted by molar-refractivity contribution is 0.0953. The van der Waals surface area contributed by atoms with E-state index in [1.54, 1.807) is 18.6 Å². The van der Waals surface area contributed by atoms with Crippen LogP contribution in [0.25, 0.3) is 5.69 Å². The van der Waals surface area contributed by atoms with Gasteiger partial charge in [0, 0.05) is 18.4 Å². The summed E-state index contributed by atoms with van der Waals surface area (Å²) in [6, 6.07) is 8.02. The van der Waals surface area contributed by atoms with Crippen LogP contribution < -0.4 is 5.32 Å². The maximum atomic E-state index is 11.7. The van der Waals surface area contributed by atoms with Gasteiger partial charge in [0.2, 0.25) is 0 Å². The van der Waals surface area contributed by atoms with Gasteiger partial charge >= 0.3 is 0 Å². The summed E-state index contributed by atoms with van der Waals surface area (Å²) in [5.41, 5.74) is 2.58. The average molecular weight is 241 g/mol. The van der Waals surface area contributed by atoms with Gasteiger partial charge in [-0.25, -0.2) is 4.98 Å². The van der Waals surface area contributed by atoms with Crippen molar-refractivity contribution in [3.05, 3.63) is 60.7 Å². The molecule has 0 aliphatic carbocycles. The molecule has 0 unspecified atom stereocenters.